The molecule has 88 valence electrons. The Hall–Kier alpha value is -0.440. The van der Waals surface area contributed by atoms with Crippen LogP contribution in [0.3, 0.4) is 0 Å². The second-order valence-electron chi connectivity index (χ2n) is 5.01. The summed E-state index contributed by atoms with van der Waals surface area (Å²) < 4.78 is 0. The Morgan fingerprint density at radius 1 is 1.25 bits per heavy atom. The first-order valence-corrected chi connectivity index (χ1v) is 6.13. The van der Waals surface area contributed by atoms with Crippen LogP contribution in [0.25, 0.3) is 0 Å². The first-order valence-electron chi connectivity index (χ1n) is 5.38. The van der Waals surface area contributed by atoms with Crippen molar-refractivity contribution in [1.82, 2.24) is 0 Å². The molecule has 1 aromatic carbocycles. The van der Waals surface area contributed by atoms with Gasteiger partial charge in [0.2, 0.25) is 0 Å². The van der Waals surface area contributed by atoms with Crippen molar-refractivity contribution in [1.29, 1.82) is 0 Å². The third-order valence-corrected chi connectivity index (χ3v) is 3.50. The zero-order valence-electron chi connectivity index (χ0n) is 9.50. The number of hydrogen-bond acceptors (Lipinski definition) is 2. The summed E-state index contributed by atoms with van der Waals surface area (Å²) in [7, 11) is 0. The quantitative estimate of drug-likeness (QED) is 0.838. The van der Waals surface area contributed by atoms with Gasteiger partial charge in [-0.15, -0.1) is 0 Å². The summed E-state index contributed by atoms with van der Waals surface area (Å²) in [5.41, 5.74) is 7.12. The molecule has 1 aliphatic heterocycles. The molecule has 0 saturated carbocycles. The van der Waals surface area contributed by atoms with Crippen LogP contribution in [0.5, 0.6) is 0 Å². The third kappa shape index (κ3) is 2.29. The van der Waals surface area contributed by atoms with Gasteiger partial charge in [-0.25, -0.2) is 0 Å². The molecule has 0 bridgehead atoms. The van der Waals surface area contributed by atoms with Crippen LogP contribution in [0.2, 0.25) is 10.0 Å². The average molecular weight is 259 g/mol. The number of benzene rings is 1. The first-order chi connectivity index (χ1) is 7.38. The fraction of sp³-hybridized carbons (Fsp3) is 0.500. The van der Waals surface area contributed by atoms with Crippen molar-refractivity contribution in [2.45, 2.75) is 31.8 Å². The minimum absolute atomic E-state index is 0.0629. The summed E-state index contributed by atoms with van der Waals surface area (Å²) >= 11 is 12.0. The third-order valence-electron chi connectivity index (χ3n) is 3.07. The first kappa shape index (κ1) is 12.0. The minimum Gasteiger partial charge on any atom is -0.365 e. The van der Waals surface area contributed by atoms with Gasteiger partial charge in [0.1, 0.15) is 0 Å². The molecule has 1 unspecified atom stereocenters. The summed E-state index contributed by atoms with van der Waals surface area (Å²) in [4.78, 5) is 2.27. The van der Waals surface area contributed by atoms with Crippen LogP contribution in [0.15, 0.2) is 18.2 Å². The fourth-order valence-electron chi connectivity index (χ4n) is 2.45. The molecular weight excluding hydrogens is 243 g/mol. The lowest BCUT2D eigenvalue weighted by molar-refractivity contribution is 0.506. The fourth-order valence-corrected chi connectivity index (χ4v) is 2.96. The molecule has 0 amide bonds. The summed E-state index contributed by atoms with van der Waals surface area (Å²) in [5, 5.41) is 1.33. The Morgan fingerprint density at radius 3 is 2.25 bits per heavy atom. The van der Waals surface area contributed by atoms with Gasteiger partial charge in [-0.2, -0.15) is 0 Å². The Kier molecular flexibility index (Phi) is 3.08. The Morgan fingerprint density at radius 2 is 1.81 bits per heavy atom. The normalized spacial score (nSPS) is 23.8. The molecule has 0 spiro atoms. The molecule has 0 aliphatic carbocycles. The highest BCUT2D eigenvalue weighted by atomic mass is 35.5. The number of rotatable bonds is 1. The van der Waals surface area contributed by atoms with Crippen molar-refractivity contribution < 1.29 is 0 Å². The molecule has 0 aromatic heterocycles. The van der Waals surface area contributed by atoms with E-state index in [0.29, 0.717) is 10.0 Å². The molecule has 2 N–H and O–H groups in total. The summed E-state index contributed by atoms with van der Waals surface area (Å²) in [5.74, 6) is 0. The Labute approximate surface area is 106 Å². The van der Waals surface area contributed by atoms with Gasteiger partial charge < -0.3 is 10.6 Å². The van der Waals surface area contributed by atoms with Crippen LogP contribution in [-0.2, 0) is 0 Å². The monoisotopic (exact) mass is 258 g/mol. The maximum Gasteiger partial charge on any atom is 0.0441 e. The molecule has 2 rings (SSSR count). The van der Waals surface area contributed by atoms with Crippen LogP contribution in [-0.4, -0.2) is 18.1 Å². The number of anilines is 1. The molecule has 1 heterocycles. The largest absolute Gasteiger partial charge is 0.365 e. The van der Waals surface area contributed by atoms with Crippen molar-refractivity contribution in [3.8, 4) is 0 Å². The van der Waals surface area contributed by atoms with Crippen molar-refractivity contribution in [3.63, 3.8) is 0 Å². The van der Waals surface area contributed by atoms with Crippen molar-refractivity contribution >= 4 is 28.9 Å². The molecule has 1 aromatic rings. The topological polar surface area (TPSA) is 29.3 Å². The molecule has 0 radical (unpaired) electrons. The van der Waals surface area contributed by atoms with E-state index >= 15 is 0 Å². The summed E-state index contributed by atoms with van der Waals surface area (Å²) in [6.45, 7) is 5.23. The van der Waals surface area contributed by atoms with E-state index in [9.17, 15) is 0 Å². The lowest BCUT2D eigenvalue weighted by Crippen LogP contribution is -2.38. The van der Waals surface area contributed by atoms with Crippen LogP contribution in [0.4, 0.5) is 5.69 Å². The van der Waals surface area contributed by atoms with Gasteiger partial charge >= 0.3 is 0 Å². The lowest BCUT2D eigenvalue weighted by atomic mass is 10.0. The van der Waals surface area contributed by atoms with E-state index in [4.69, 9.17) is 28.9 Å². The maximum absolute atomic E-state index is 6.02. The molecule has 1 aliphatic rings. The number of halogens is 2. The van der Waals surface area contributed by atoms with E-state index in [-0.39, 0.29) is 11.6 Å². The van der Waals surface area contributed by atoms with E-state index in [1.54, 1.807) is 6.07 Å². The SMILES string of the molecule is CC1(C)CC(N)CN1c1cc(Cl)cc(Cl)c1. The Bertz CT molecular complexity index is 384. The molecule has 4 heteroatoms. The standard InChI is InChI=1S/C12H16Cl2N2/c1-12(2)6-10(15)7-16(12)11-4-8(13)3-9(14)5-11/h3-5,10H,6-7,15H2,1-2H3. The van der Waals surface area contributed by atoms with E-state index in [0.717, 1.165) is 18.7 Å². The van der Waals surface area contributed by atoms with Gasteiger partial charge in [-0.3, -0.25) is 0 Å². The maximum atomic E-state index is 6.02. The number of nitrogens with two attached hydrogens (primary N) is 1. The molecule has 1 atom stereocenters. The molecule has 2 nitrogen and oxygen atoms in total. The van der Waals surface area contributed by atoms with Gasteiger partial charge in [0.15, 0.2) is 0 Å². The number of hydrogen-bond donors (Lipinski definition) is 1. The molecular formula is C12H16Cl2N2. The van der Waals surface area contributed by atoms with Gasteiger partial charge in [0, 0.05) is 33.9 Å². The minimum atomic E-state index is 0.0629. The van der Waals surface area contributed by atoms with Gasteiger partial charge in [0.25, 0.3) is 0 Å². The number of nitrogens with zero attached hydrogens (tertiary/aromatic N) is 1. The highest BCUT2D eigenvalue weighted by Gasteiger charge is 2.36. The van der Waals surface area contributed by atoms with E-state index in [2.05, 4.69) is 18.7 Å². The van der Waals surface area contributed by atoms with Crippen LogP contribution in [0, 0.1) is 0 Å². The van der Waals surface area contributed by atoms with Gasteiger partial charge in [-0.1, -0.05) is 23.2 Å². The van der Waals surface area contributed by atoms with E-state index in [1.165, 1.54) is 0 Å². The van der Waals surface area contributed by atoms with Gasteiger partial charge in [0.05, 0.1) is 0 Å². The molecule has 16 heavy (non-hydrogen) atoms. The highest BCUT2D eigenvalue weighted by Crippen LogP contribution is 2.35. The van der Waals surface area contributed by atoms with Crippen molar-refractivity contribution in [2.24, 2.45) is 5.73 Å². The zero-order valence-corrected chi connectivity index (χ0v) is 11.0. The van der Waals surface area contributed by atoms with Crippen molar-refractivity contribution in [3.05, 3.63) is 28.2 Å². The second-order valence-corrected chi connectivity index (χ2v) is 5.89. The van der Waals surface area contributed by atoms with Crippen molar-refractivity contribution in [2.75, 3.05) is 11.4 Å². The van der Waals surface area contributed by atoms with Crippen LogP contribution >= 0.6 is 23.2 Å². The van der Waals surface area contributed by atoms with E-state index in [1.807, 2.05) is 12.1 Å². The van der Waals surface area contributed by atoms with Crippen LogP contribution < -0.4 is 10.6 Å². The smallest absolute Gasteiger partial charge is 0.0441 e. The van der Waals surface area contributed by atoms with Crippen LogP contribution in [0.1, 0.15) is 20.3 Å². The van der Waals surface area contributed by atoms with Gasteiger partial charge in [-0.05, 0) is 38.5 Å². The van der Waals surface area contributed by atoms with E-state index < -0.39 is 0 Å². The second kappa shape index (κ2) is 4.10. The predicted molar refractivity (Wildman–Crippen MR) is 70.5 cm³/mol. The molecule has 1 saturated heterocycles. The lowest BCUT2D eigenvalue weighted by Gasteiger charge is -2.33. The highest BCUT2D eigenvalue weighted by molar-refractivity contribution is 6.35. The summed E-state index contributed by atoms with van der Waals surface area (Å²) in [6, 6.07) is 5.84. The predicted octanol–water partition coefficient (Wildman–Crippen LogP) is 3.31. The average Bonchev–Trinajstić information content (AvgIpc) is 2.37. The Balaban J connectivity index is 2.37. The zero-order chi connectivity index (χ0) is 11.9. The summed E-state index contributed by atoms with van der Waals surface area (Å²) in [6.07, 6.45) is 0.983. The molecule has 1 fully saturated rings.